The van der Waals surface area contributed by atoms with Crippen molar-refractivity contribution < 1.29 is 0 Å². The Bertz CT molecular complexity index is 278. The zero-order valence-corrected chi connectivity index (χ0v) is 9.32. The quantitative estimate of drug-likeness (QED) is 0.792. The van der Waals surface area contributed by atoms with E-state index in [4.69, 9.17) is 0 Å². The average molecular weight is 205 g/mol. The van der Waals surface area contributed by atoms with Crippen molar-refractivity contribution in [3.63, 3.8) is 0 Å². The first-order valence-electron chi connectivity index (χ1n) is 5.72. The van der Waals surface area contributed by atoms with Crippen LogP contribution in [0.15, 0.2) is 24.5 Å². The van der Waals surface area contributed by atoms with Crippen LogP contribution in [0.4, 0.5) is 0 Å². The van der Waals surface area contributed by atoms with Gasteiger partial charge in [0.1, 0.15) is 0 Å². The molecule has 1 aromatic rings. The van der Waals surface area contributed by atoms with Gasteiger partial charge >= 0.3 is 0 Å². The van der Waals surface area contributed by atoms with Crippen molar-refractivity contribution in [3.8, 4) is 0 Å². The molecule has 0 spiro atoms. The molecule has 1 unspecified atom stereocenters. The highest BCUT2D eigenvalue weighted by Crippen LogP contribution is 2.19. The fourth-order valence-corrected chi connectivity index (χ4v) is 2.09. The first kappa shape index (κ1) is 10.6. The summed E-state index contributed by atoms with van der Waals surface area (Å²) in [4.78, 5) is 6.71. The second-order valence-corrected chi connectivity index (χ2v) is 4.10. The van der Waals surface area contributed by atoms with E-state index in [0.717, 1.165) is 19.6 Å². The lowest BCUT2D eigenvalue weighted by atomic mass is 10.1. The van der Waals surface area contributed by atoms with Crippen LogP contribution in [0.25, 0.3) is 0 Å². The predicted molar refractivity (Wildman–Crippen MR) is 61.7 cm³/mol. The number of nitrogens with one attached hydrogen (secondary N) is 1. The van der Waals surface area contributed by atoms with Gasteiger partial charge in [-0.2, -0.15) is 0 Å². The number of rotatable bonds is 2. The molecular formula is C12H19N3. The molecule has 0 bridgehead atoms. The van der Waals surface area contributed by atoms with Crippen molar-refractivity contribution in [2.24, 2.45) is 0 Å². The molecule has 3 heteroatoms. The minimum Gasteiger partial charge on any atom is -0.315 e. The maximum Gasteiger partial charge on any atom is 0.0335 e. The number of hydrogen-bond donors (Lipinski definition) is 1. The highest BCUT2D eigenvalue weighted by atomic mass is 15.2. The Kier molecular flexibility index (Phi) is 3.69. The zero-order valence-electron chi connectivity index (χ0n) is 9.32. The third-order valence-electron chi connectivity index (χ3n) is 3.09. The van der Waals surface area contributed by atoms with Gasteiger partial charge in [-0.25, -0.2) is 0 Å². The van der Waals surface area contributed by atoms with Gasteiger partial charge in [0, 0.05) is 31.5 Å². The van der Waals surface area contributed by atoms with Gasteiger partial charge < -0.3 is 5.32 Å². The summed E-state index contributed by atoms with van der Waals surface area (Å²) in [6, 6.07) is 4.66. The molecule has 1 aliphatic rings. The molecular weight excluding hydrogens is 186 g/mol. The molecule has 3 nitrogen and oxygen atoms in total. The van der Waals surface area contributed by atoms with Gasteiger partial charge in [-0.3, -0.25) is 9.88 Å². The van der Waals surface area contributed by atoms with Crippen molar-refractivity contribution in [2.75, 3.05) is 26.2 Å². The topological polar surface area (TPSA) is 28.2 Å². The van der Waals surface area contributed by atoms with Crippen molar-refractivity contribution >= 4 is 0 Å². The molecule has 0 aliphatic carbocycles. The zero-order chi connectivity index (χ0) is 10.5. The summed E-state index contributed by atoms with van der Waals surface area (Å²) in [6.07, 6.45) is 5.05. The standard InChI is InChI=1S/C12H19N3/c1-11(12-4-2-5-14-10-12)15-8-3-6-13-7-9-15/h2,4-5,10-11,13H,3,6-9H2,1H3. The van der Waals surface area contributed by atoms with Crippen LogP contribution < -0.4 is 5.32 Å². The molecule has 1 aromatic heterocycles. The fourth-order valence-electron chi connectivity index (χ4n) is 2.09. The maximum absolute atomic E-state index is 4.18. The Morgan fingerprint density at radius 3 is 3.13 bits per heavy atom. The van der Waals surface area contributed by atoms with Gasteiger partial charge in [0.15, 0.2) is 0 Å². The molecule has 0 aromatic carbocycles. The first-order chi connectivity index (χ1) is 7.38. The van der Waals surface area contributed by atoms with Crippen LogP contribution in [-0.2, 0) is 0 Å². The summed E-state index contributed by atoms with van der Waals surface area (Å²) in [6.45, 7) is 6.84. The first-order valence-corrected chi connectivity index (χ1v) is 5.72. The second kappa shape index (κ2) is 5.24. The normalized spacial score (nSPS) is 20.9. The van der Waals surface area contributed by atoms with E-state index in [1.807, 2.05) is 18.5 Å². The van der Waals surface area contributed by atoms with Crippen LogP contribution in [0.5, 0.6) is 0 Å². The van der Waals surface area contributed by atoms with Gasteiger partial charge in [0.2, 0.25) is 0 Å². The lowest BCUT2D eigenvalue weighted by Gasteiger charge is -2.27. The number of aromatic nitrogens is 1. The van der Waals surface area contributed by atoms with E-state index < -0.39 is 0 Å². The Morgan fingerprint density at radius 1 is 1.40 bits per heavy atom. The van der Waals surface area contributed by atoms with Crippen LogP contribution in [0.2, 0.25) is 0 Å². The summed E-state index contributed by atoms with van der Waals surface area (Å²) in [5.74, 6) is 0. The lowest BCUT2D eigenvalue weighted by molar-refractivity contribution is 0.225. The molecule has 1 N–H and O–H groups in total. The second-order valence-electron chi connectivity index (χ2n) is 4.10. The van der Waals surface area contributed by atoms with Crippen LogP contribution in [0.1, 0.15) is 24.9 Å². The lowest BCUT2D eigenvalue weighted by Crippen LogP contribution is -2.30. The molecule has 1 aliphatic heterocycles. The molecule has 82 valence electrons. The molecule has 1 atom stereocenters. The van der Waals surface area contributed by atoms with Gasteiger partial charge in [-0.05, 0) is 38.1 Å². The molecule has 0 radical (unpaired) electrons. The number of nitrogens with zero attached hydrogens (tertiary/aromatic N) is 2. The van der Waals surface area contributed by atoms with E-state index in [0.29, 0.717) is 6.04 Å². The Morgan fingerprint density at radius 2 is 2.33 bits per heavy atom. The van der Waals surface area contributed by atoms with Crippen LogP contribution in [-0.4, -0.2) is 36.1 Å². The van der Waals surface area contributed by atoms with Crippen LogP contribution >= 0.6 is 0 Å². The van der Waals surface area contributed by atoms with E-state index >= 15 is 0 Å². The Hall–Kier alpha value is -0.930. The third kappa shape index (κ3) is 2.76. The number of pyridine rings is 1. The number of hydrogen-bond acceptors (Lipinski definition) is 3. The highest BCUT2D eigenvalue weighted by molar-refractivity contribution is 5.13. The molecule has 1 saturated heterocycles. The minimum atomic E-state index is 0.485. The fraction of sp³-hybridized carbons (Fsp3) is 0.583. The van der Waals surface area contributed by atoms with Crippen molar-refractivity contribution in [2.45, 2.75) is 19.4 Å². The predicted octanol–water partition coefficient (Wildman–Crippen LogP) is 1.44. The van der Waals surface area contributed by atoms with Gasteiger partial charge in [-0.1, -0.05) is 6.07 Å². The highest BCUT2D eigenvalue weighted by Gasteiger charge is 2.16. The van der Waals surface area contributed by atoms with E-state index in [1.165, 1.54) is 18.5 Å². The van der Waals surface area contributed by atoms with E-state index in [1.54, 1.807) is 0 Å². The van der Waals surface area contributed by atoms with Gasteiger partial charge in [0.25, 0.3) is 0 Å². The van der Waals surface area contributed by atoms with Crippen molar-refractivity contribution in [1.29, 1.82) is 0 Å². The van der Waals surface area contributed by atoms with E-state index in [9.17, 15) is 0 Å². The molecule has 1 fully saturated rings. The maximum atomic E-state index is 4.18. The molecule has 2 heterocycles. The van der Waals surface area contributed by atoms with Crippen LogP contribution in [0, 0.1) is 0 Å². The van der Waals surface area contributed by atoms with Crippen molar-refractivity contribution in [3.05, 3.63) is 30.1 Å². The molecule has 2 rings (SSSR count). The minimum absolute atomic E-state index is 0.485. The average Bonchev–Trinajstić information content (AvgIpc) is 2.58. The third-order valence-corrected chi connectivity index (χ3v) is 3.09. The molecule has 15 heavy (non-hydrogen) atoms. The van der Waals surface area contributed by atoms with Crippen LogP contribution in [0.3, 0.4) is 0 Å². The summed E-state index contributed by atoms with van der Waals surface area (Å²) in [5.41, 5.74) is 1.32. The summed E-state index contributed by atoms with van der Waals surface area (Å²) in [5, 5.41) is 3.43. The van der Waals surface area contributed by atoms with Gasteiger partial charge in [-0.15, -0.1) is 0 Å². The Labute approximate surface area is 91.5 Å². The van der Waals surface area contributed by atoms with Crippen molar-refractivity contribution in [1.82, 2.24) is 15.2 Å². The Balaban J connectivity index is 2.03. The summed E-state index contributed by atoms with van der Waals surface area (Å²) in [7, 11) is 0. The summed E-state index contributed by atoms with van der Waals surface area (Å²) >= 11 is 0. The monoisotopic (exact) mass is 205 g/mol. The largest absolute Gasteiger partial charge is 0.315 e. The smallest absolute Gasteiger partial charge is 0.0335 e. The summed E-state index contributed by atoms with van der Waals surface area (Å²) < 4.78 is 0. The SMILES string of the molecule is CC(c1cccnc1)N1CCCNCC1. The van der Waals surface area contributed by atoms with E-state index in [2.05, 4.69) is 28.2 Å². The van der Waals surface area contributed by atoms with Gasteiger partial charge in [0.05, 0.1) is 0 Å². The van der Waals surface area contributed by atoms with E-state index in [-0.39, 0.29) is 0 Å². The molecule has 0 amide bonds. The molecule has 0 saturated carbocycles.